The van der Waals surface area contributed by atoms with Crippen LogP contribution in [0, 0.1) is 5.92 Å². The summed E-state index contributed by atoms with van der Waals surface area (Å²) < 4.78 is 4.90. The molecule has 3 rings (SSSR count). The van der Waals surface area contributed by atoms with Gasteiger partial charge in [0, 0.05) is 4.88 Å². The van der Waals surface area contributed by atoms with Gasteiger partial charge in [0.15, 0.2) is 0 Å². The normalized spacial score (nSPS) is 17.4. The van der Waals surface area contributed by atoms with E-state index in [0.29, 0.717) is 11.5 Å². The fraction of sp³-hybridized carbons (Fsp3) is 0.444. The van der Waals surface area contributed by atoms with E-state index >= 15 is 0 Å². The lowest BCUT2D eigenvalue weighted by atomic mass is 9.96. The van der Waals surface area contributed by atoms with Gasteiger partial charge in [0.2, 0.25) is 5.91 Å². The molecule has 2 N–H and O–H groups in total. The zero-order valence-corrected chi connectivity index (χ0v) is 14.5. The van der Waals surface area contributed by atoms with Gasteiger partial charge in [-0.2, -0.15) is 0 Å². The van der Waals surface area contributed by atoms with Crippen LogP contribution in [0.2, 0.25) is 0 Å². The highest BCUT2D eigenvalue weighted by Gasteiger charge is 2.30. The van der Waals surface area contributed by atoms with Crippen LogP contribution in [-0.2, 0) is 4.79 Å². The van der Waals surface area contributed by atoms with Gasteiger partial charge in [-0.3, -0.25) is 9.59 Å². The van der Waals surface area contributed by atoms with E-state index in [9.17, 15) is 9.59 Å². The lowest BCUT2D eigenvalue weighted by Gasteiger charge is -2.25. The van der Waals surface area contributed by atoms with Crippen LogP contribution < -0.4 is 10.6 Å². The number of nitrogens with one attached hydrogen (secondary N) is 2. The second-order valence-corrected chi connectivity index (χ2v) is 7.23. The molecule has 5 nitrogen and oxygen atoms in total. The van der Waals surface area contributed by atoms with Crippen LogP contribution in [0.3, 0.4) is 0 Å². The number of thiophene rings is 1. The van der Waals surface area contributed by atoms with Crippen LogP contribution in [0.1, 0.15) is 53.9 Å². The largest absolute Gasteiger partial charge is 0.472 e. The van der Waals surface area contributed by atoms with Gasteiger partial charge in [-0.15, -0.1) is 11.3 Å². The second kappa shape index (κ2) is 7.66. The van der Waals surface area contributed by atoms with Crippen LogP contribution in [0.5, 0.6) is 0 Å². The lowest BCUT2D eigenvalue weighted by Crippen LogP contribution is -2.46. The molecular formula is C18H22N2O3S. The summed E-state index contributed by atoms with van der Waals surface area (Å²) in [5.74, 6) is 0.0152. The summed E-state index contributed by atoms with van der Waals surface area (Å²) >= 11 is 1.67. The zero-order chi connectivity index (χ0) is 16.9. The number of hydrogen-bond acceptors (Lipinski definition) is 4. The van der Waals surface area contributed by atoms with Gasteiger partial charge in [0.1, 0.15) is 12.3 Å². The Balaban J connectivity index is 1.63. The average molecular weight is 346 g/mol. The molecule has 2 amide bonds. The van der Waals surface area contributed by atoms with Gasteiger partial charge in [-0.1, -0.05) is 18.9 Å². The molecule has 2 aromatic heterocycles. The molecule has 0 bridgehead atoms. The maximum Gasteiger partial charge on any atom is 0.255 e. The first-order valence-electron chi connectivity index (χ1n) is 8.32. The first-order chi connectivity index (χ1) is 11.6. The molecule has 0 radical (unpaired) electrons. The van der Waals surface area contributed by atoms with Crippen molar-refractivity contribution in [2.45, 2.75) is 44.7 Å². The van der Waals surface area contributed by atoms with E-state index in [1.165, 1.54) is 30.2 Å². The number of carbonyl (C=O) groups is 2. The predicted octanol–water partition coefficient (Wildman–Crippen LogP) is 3.51. The molecule has 2 heterocycles. The van der Waals surface area contributed by atoms with Crippen molar-refractivity contribution in [3.05, 3.63) is 46.5 Å². The molecule has 0 aliphatic heterocycles. The Morgan fingerprint density at radius 3 is 2.67 bits per heavy atom. The third-order valence-corrected chi connectivity index (χ3v) is 5.50. The standard InChI is InChI=1S/C18H22N2O3S/c1-12(19-18(22)14-8-9-23-11-14)17(21)20-16(13-5-2-3-6-13)15-7-4-10-24-15/h4,7-13,16H,2-3,5-6H2,1H3,(H,19,22)(H,20,21)/t12-,16+/m0/s1. The van der Waals surface area contributed by atoms with Gasteiger partial charge in [-0.25, -0.2) is 0 Å². The van der Waals surface area contributed by atoms with Gasteiger partial charge >= 0.3 is 0 Å². The Hall–Kier alpha value is -2.08. The number of amides is 2. The minimum absolute atomic E-state index is 0.0354. The van der Waals surface area contributed by atoms with E-state index in [1.807, 2.05) is 11.4 Å². The Labute approximate surface area is 145 Å². The average Bonchev–Trinajstić information content (AvgIpc) is 3.35. The van der Waals surface area contributed by atoms with Crippen molar-refractivity contribution < 1.29 is 14.0 Å². The topological polar surface area (TPSA) is 71.3 Å². The van der Waals surface area contributed by atoms with E-state index in [0.717, 1.165) is 12.8 Å². The highest BCUT2D eigenvalue weighted by atomic mass is 32.1. The molecule has 0 unspecified atom stereocenters. The quantitative estimate of drug-likeness (QED) is 0.841. The van der Waals surface area contributed by atoms with E-state index in [4.69, 9.17) is 4.42 Å². The fourth-order valence-corrected chi connectivity index (χ4v) is 4.07. The van der Waals surface area contributed by atoms with Crippen LogP contribution in [0.25, 0.3) is 0 Å². The number of carbonyl (C=O) groups excluding carboxylic acids is 2. The van der Waals surface area contributed by atoms with Crippen molar-refractivity contribution in [2.75, 3.05) is 0 Å². The van der Waals surface area contributed by atoms with Crippen molar-refractivity contribution >= 4 is 23.2 Å². The molecule has 24 heavy (non-hydrogen) atoms. The number of hydrogen-bond donors (Lipinski definition) is 2. The van der Waals surface area contributed by atoms with Crippen LogP contribution in [0.15, 0.2) is 40.5 Å². The van der Waals surface area contributed by atoms with E-state index in [2.05, 4.69) is 16.7 Å². The molecular weight excluding hydrogens is 324 g/mol. The summed E-state index contributed by atoms with van der Waals surface area (Å²) in [5.41, 5.74) is 0.417. The molecule has 128 valence electrons. The molecule has 1 fully saturated rings. The van der Waals surface area contributed by atoms with Gasteiger partial charge in [0.05, 0.1) is 17.9 Å². The Morgan fingerprint density at radius 2 is 2.04 bits per heavy atom. The molecule has 1 aliphatic carbocycles. The van der Waals surface area contributed by atoms with E-state index in [1.54, 1.807) is 24.3 Å². The second-order valence-electron chi connectivity index (χ2n) is 6.25. The third kappa shape index (κ3) is 3.87. The summed E-state index contributed by atoms with van der Waals surface area (Å²) in [5, 5.41) is 7.90. The molecule has 2 aromatic rings. The Morgan fingerprint density at radius 1 is 1.25 bits per heavy atom. The van der Waals surface area contributed by atoms with Crippen LogP contribution in [0.4, 0.5) is 0 Å². The summed E-state index contributed by atoms with van der Waals surface area (Å²) in [6.07, 6.45) is 7.51. The smallest absolute Gasteiger partial charge is 0.255 e. The summed E-state index contributed by atoms with van der Waals surface area (Å²) in [6.45, 7) is 1.70. The van der Waals surface area contributed by atoms with Crippen molar-refractivity contribution in [1.82, 2.24) is 10.6 Å². The SMILES string of the molecule is C[C@H](NC(=O)c1ccoc1)C(=O)N[C@@H](c1cccs1)C1CCCC1. The fourth-order valence-electron chi connectivity index (χ4n) is 3.20. The number of rotatable bonds is 6. The molecule has 0 saturated heterocycles. The van der Waals surface area contributed by atoms with E-state index in [-0.39, 0.29) is 17.9 Å². The van der Waals surface area contributed by atoms with Gasteiger partial charge in [-0.05, 0) is 43.2 Å². The summed E-state index contributed by atoms with van der Waals surface area (Å²) in [6, 6.07) is 5.10. The van der Waals surface area contributed by atoms with Gasteiger partial charge in [0.25, 0.3) is 5.91 Å². The first kappa shape index (κ1) is 16.8. The molecule has 0 spiro atoms. The molecule has 1 aliphatic rings. The van der Waals surface area contributed by atoms with Crippen molar-refractivity contribution in [3.63, 3.8) is 0 Å². The van der Waals surface area contributed by atoms with Crippen LogP contribution >= 0.6 is 11.3 Å². The Bertz CT molecular complexity index is 661. The molecule has 1 saturated carbocycles. The predicted molar refractivity (Wildman–Crippen MR) is 92.8 cm³/mol. The minimum Gasteiger partial charge on any atom is -0.472 e. The third-order valence-electron chi connectivity index (χ3n) is 4.54. The molecule has 6 heteroatoms. The van der Waals surface area contributed by atoms with E-state index < -0.39 is 6.04 Å². The zero-order valence-electron chi connectivity index (χ0n) is 13.7. The van der Waals surface area contributed by atoms with Gasteiger partial charge < -0.3 is 15.1 Å². The lowest BCUT2D eigenvalue weighted by molar-refractivity contribution is -0.123. The van der Waals surface area contributed by atoms with Crippen molar-refractivity contribution in [3.8, 4) is 0 Å². The monoisotopic (exact) mass is 346 g/mol. The highest BCUT2D eigenvalue weighted by Crippen LogP contribution is 2.37. The summed E-state index contributed by atoms with van der Waals surface area (Å²) in [7, 11) is 0. The molecule has 0 aromatic carbocycles. The molecule has 2 atom stereocenters. The maximum atomic E-state index is 12.6. The summed E-state index contributed by atoms with van der Waals surface area (Å²) in [4.78, 5) is 25.8. The number of furan rings is 1. The minimum atomic E-state index is -0.601. The van der Waals surface area contributed by atoms with Crippen LogP contribution in [-0.4, -0.2) is 17.9 Å². The Kier molecular flexibility index (Phi) is 5.35. The van der Waals surface area contributed by atoms with Crippen molar-refractivity contribution in [2.24, 2.45) is 5.92 Å². The highest BCUT2D eigenvalue weighted by molar-refractivity contribution is 7.10. The first-order valence-corrected chi connectivity index (χ1v) is 9.20. The maximum absolute atomic E-state index is 12.6. The van der Waals surface area contributed by atoms with Crippen molar-refractivity contribution in [1.29, 1.82) is 0 Å².